The second-order valence-corrected chi connectivity index (χ2v) is 6.91. The second-order valence-electron chi connectivity index (χ2n) is 5.91. The van der Waals surface area contributed by atoms with Gasteiger partial charge in [0.25, 0.3) is 0 Å². The molecule has 2 aliphatic heterocycles. The molecule has 0 aliphatic carbocycles. The highest BCUT2D eigenvalue weighted by Gasteiger charge is 2.25. The molecular formula is C15H23N3O2S. The summed E-state index contributed by atoms with van der Waals surface area (Å²) in [5, 5.41) is 14.3. The van der Waals surface area contributed by atoms with Crippen LogP contribution in [0.3, 0.4) is 0 Å². The lowest BCUT2D eigenvalue weighted by Gasteiger charge is -2.27. The second kappa shape index (κ2) is 6.77. The molecule has 21 heavy (non-hydrogen) atoms. The van der Waals surface area contributed by atoms with Crippen LogP contribution in [0.1, 0.15) is 16.9 Å². The van der Waals surface area contributed by atoms with Crippen LogP contribution >= 0.6 is 11.3 Å². The van der Waals surface area contributed by atoms with E-state index in [1.165, 1.54) is 10.4 Å². The summed E-state index contributed by atoms with van der Waals surface area (Å²) in [6, 6.07) is 2.23. The Bertz CT molecular complexity index is 491. The van der Waals surface area contributed by atoms with E-state index in [4.69, 9.17) is 5.11 Å². The smallest absolute Gasteiger partial charge is 0.317 e. The van der Waals surface area contributed by atoms with Gasteiger partial charge in [-0.1, -0.05) is 0 Å². The molecule has 3 rings (SSSR count). The molecule has 116 valence electrons. The van der Waals surface area contributed by atoms with Crippen molar-refractivity contribution < 1.29 is 9.90 Å². The molecule has 2 N–H and O–H groups in total. The van der Waals surface area contributed by atoms with Gasteiger partial charge in [-0.2, -0.15) is 0 Å². The molecule has 1 atom stereocenters. The molecule has 6 heteroatoms. The highest BCUT2D eigenvalue weighted by Crippen LogP contribution is 2.23. The Morgan fingerprint density at radius 1 is 1.48 bits per heavy atom. The van der Waals surface area contributed by atoms with Crippen LogP contribution in [0, 0.1) is 5.92 Å². The zero-order valence-corrected chi connectivity index (χ0v) is 13.1. The number of hydrogen-bond donors (Lipinski definition) is 2. The van der Waals surface area contributed by atoms with Gasteiger partial charge in [-0.25, -0.2) is 4.79 Å². The third-order valence-corrected chi connectivity index (χ3v) is 5.45. The lowest BCUT2D eigenvalue weighted by molar-refractivity contribution is 0.194. The van der Waals surface area contributed by atoms with Crippen molar-refractivity contribution in [2.45, 2.75) is 19.4 Å². The summed E-state index contributed by atoms with van der Waals surface area (Å²) in [6.45, 7) is 5.31. The molecule has 1 saturated heterocycles. The predicted molar refractivity (Wildman–Crippen MR) is 83.5 cm³/mol. The van der Waals surface area contributed by atoms with E-state index in [1.807, 2.05) is 16.2 Å². The van der Waals surface area contributed by atoms with Crippen molar-refractivity contribution in [1.29, 1.82) is 0 Å². The number of carbonyl (C=O) groups is 1. The van der Waals surface area contributed by atoms with Crippen molar-refractivity contribution in [3.05, 3.63) is 21.9 Å². The third kappa shape index (κ3) is 3.56. The number of aliphatic hydroxyl groups is 1. The molecule has 1 aromatic heterocycles. The fourth-order valence-electron chi connectivity index (χ4n) is 3.10. The first-order chi connectivity index (χ1) is 10.3. The summed E-state index contributed by atoms with van der Waals surface area (Å²) < 4.78 is 0. The molecular weight excluding hydrogens is 286 g/mol. The van der Waals surface area contributed by atoms with E-state index >= 15 is 0 Å². The summed E-state index contributed by atoms with van der Waals surface area (Å²) >= 11 is 1.85. The van der Waals surface area contributed by atoms with Gasteiger partial charge in [0.2, 0.25) is 0 Å². The van der Waals surface area contributed by atoms with E-state index in [0.29, 0.717) is 13.1 Å². The fraction of sp³-hybridized carbons (Fsp3) is 0.667. The van der Waals surface area contributed by atoms with Gasteiger partial charge in [-0.05, 0) is 29.9 Å². The summed E-state index contributed by atoms with van der Waals surface area (Å²) in [5.41, 5.74) is 1.45. The number of rotatable bonds is 4. The van der Waals surface area contributed by atoms with Crippen molar-refractivity contribution in [2.24, 2.45) is 5.92 Å². The van der Waals surface area contributed by atoms with E-state index in [0.717, 1.165) is 39.0 Å². The predicted octanol–water partition coefficient (Wildman–Crippen LogP) is 1.13. The number of urea groups is 1. The average Bonchev–Trinajstić information content (AvgIpc) is 3.15. The Morgan fingerprint density at radius 3 is 3.19 bits per heavy atom. The van der Waals surface area contributed by atoms with Crippen molar-refractivity contribution in [1.82, 2.24) is 15.1 Å². The number of thiophene rings is 1. The van der Waals surface area contributed by atoms with Crippen molar-refractivity contribution >= 4 is 17.4 Å². The Hall–Kier alpha value is -1.11. The standard InChI is InChI=1S/C15H23N3O2S/c19-11-12-1-6-18(9-12)15(20)16-4-7-17-5-2-14-13(10-17)3-8-21-14/h3,8,12,19H,1-2,4-7,9-11H2,(H,16,20). The number of nitrogens with one attached hydrogen (secondary N) is 1. The van der Waals surface area contributed by atoms with Crippen molar-refractivity contribution in [3.8, 4) is 0 Å². The number of hydrogen-bond acceptors (Lipinski definition) is 4. The van der Waals surface area contributed by atoms with Crippen LogP contribution in [0.15, 0.2) is 11.4 Å². The minimum atomic E-state index is 0.0131. The molecule has 1 unspecified atom stereocenters. The normalized spacial score (nSPS) is 22.3. The number of carbonyl (C=O) groups excluding carboxylic acids is 1. The van der Waals surface area contributed by atoms with Crippen LogP contribution in [0.4, 0.5) is 4.79 Å². The first-order valence-electron chi connectivity index (χ1n) is 7.67. The van der Waals surface area contributed by atoms with Crippen LogP contribution in [0.25, 0.3) is 0 Å². The molecule has 5 nitrogen and oxygen atoms in total. The molecule has 1 aromatic rings. The van der Waals surface area contributed by atoms with E-state index < -0.39 is 0 Å². The van der Waals surface area contributed by atoms with Crippen LogP contribution in [0.2, 0.25) is 0 Å². The maximum absolute atomic E-state index is 12.0. The van der Waals surface area contributed by atoms with Gasteiger partial charge in [0, 0.05) is 56.7 Å². The number of aliphatic hydroxyl groups excluding tert-OH is 1. The Kier molecular flexibility index (Phi) is 4.77. The van der Waals surface area contributed by atoms with Crippen LogP contribution < -0.4 is 5.32 Å². The number of likely N-dealkylation sites (tertiary alicyclic amines) is 1. The first-order valence-corrected chi connectivity index (χ1v) is 8.55. The molecule has 0 radical (unpaired) electrons. The topological polar surface area (TPSA) is 55.8 Å². The summed E-state index contributed by atoms with van der Waals surface area (Å²) in [4.78, 5) is 17.8. The maximum Gasteiger partial charge on any atom is 0.317 e. The van der Waals surface area contributed by atoms with Gasteiger partial charge < -0.3 is 15.3 Å². The minimum absolute atomic E-state index is 0.0131. The Labute approximate surface area is 129 Å². The van der Waals surface area contributed by atoms with E-state index in [1.54, 1.807) is 0 Å². The van der Waals surface area contributed by atoms with Gasteiger partial charge in [-0.3, -0.25) is 4.90 Å². The number of amides is 2. The fourth-order valence-corrected chi connectivity index (χ4v) is 3.99. The lowest BCUT2D eigenvalue weighted by atomic mass is 10.1. The van der Waals surface area contributed by atoms with E-state index in [9.17, 15) is 4.79 Å². The third-order valence-electron chi connectivity index (χ3n) is 4.42. The van der Waals surface area contributed by atoms with Crippen LogP contribution in [0.5, 0.6) is 0 Å². The van der Waals surface area contributed by atoms with Gasteiger partial charge in [0.1, 0.15) is 0 Å². The molecule has 0 spiro atoms. The number of nitrogens with zero attached hydrogens (tertiary/aromatic N) is 2. The zero-order chi connectivity index (χ0) is 14.7. The molecule has 0 aromatic carbocycles. The minimum Gasteiger partial charge on any atom is -0.396 e. The summed E-state index contributed by atoms with van der Waals surface area (Å²) in [5.74, 6) is 0.259. The Morgan fingerprint density at radius 2 is 2.38 bits per heavy atom. The highest BCUT2D eigenvalue weighted by molar-refractivity contribution is 7.10. The Balaban J connectivity index is 1.38. The molecule has 0 bridgehead atoms. The quantitative estimate of drug-likeness (QED) is 0.877. The molecule has 3 heterocycles. The SMILES string of the molecule is O=C(NCCN1CCc2sccc2C1)N1CCC(CO)C1. The largest absolute Gasteiger partial charge is 0.396 e. The van der Waals surface area contributed by atoms with Gasteiger partial charge in [0.05, 0.1) is 0 Å². The summed E-state index contributed by atoms with van der Waals surface area (Å²) in [7, 11) is 0. The average molecular weight is 309 g/mol. The monoisotopic (exact) mass is 309 g/mol. The van der Waals surface area contributed by atoms with Crippen LogP contribution in [-0.2, 0) is 13.0 Å². The van der Waals surface area contributed by atoms with Crippen LogP contribution in [-0.4, -0.2) is 60.3 Å². The number of fused-ring (bicyclic) bond motifs is 1. The zero-order valence-electron chi connectivity index (χ0n) is 12.3. The van der Waals surface area contributed by atoms with Gasteiger partial charge >= 0.3 is 6.03 Å². The molecule has 2 amide bonds. The van der Waals surface area contributed by atoms with Gasteiger partial charge in [-0.15, -0.1) is 11.3 Å². The first kappa shape index (κ1) is 14.8. The lowest BCUT2D eigenvalue weighted by Crippen LogP contribution is -2.43. The van der Waals surface area contributed by atoms with Gasteiger partial charge in [0.15, 0.2) is 0 Å². The van der Waals surface area contributed by atoms with E-state index in [-0.39, 0.29) is 18.6 Å². The molecule has 2 aliphatic rings. The maximum atomic E-state index is 12.0. The summed E-state index contributed by atoms with van der Waals surface area (Å²) in [6.07, 6.45) is 2.04. The van der Waals surface area contributed by atoms with E-state index in [2.05, 4.69) is 21.7 Å². The molecule has 0 saturated carbocycles. The highest BCUT2D eigenvalue weighted by atomic mass is 32.1. The molecule has 1 fully saturated rings. The van der Waals surface area contributed by atoms with Crippen molar-refractivity contribution in [2.75, 3.05) is 39.3 Å². The van der Waals surface area contributed by atoms with Crippen molar-refractivity contribution in [3.63, 3.8) is 0 Å².